The lowest BCUT2D eigenvalue weighted by Crippen LogP contribution is -2.42. The molecule has 180 valence electrons. The van der Waals surface area contributed by atoms with Crippen LogP contribution in [0.2, 0.25) is 0 Å². The van der Waals surface area contributed by atoms with Crippen LogP contribution in [0, 0.1) is 5.41 Å². The summed E-state index contributed by atoms with van der Waals surface area (Å²) in [6, 6.07) is 16.2. The summed E-state index contributed by atoms with van der Waals surface area (Å²) in [4.78, 5) is 46.4. The fourth-order valence-electron chi connectivity index (χ4n) is 3.94. The number of ether oxygens (including phenoxy) is 1. The zero-order valence-corrected chi connectivity index (χ0v) is 19.2. The van der Waals surface area contributed by atoms with Crippen molar-refractivity contribution < 1.29 is 29.0 Å². The number of carboxylic acid groups (broad SMARTS) is 1. The third-order valence-electron chi connectivity index (χ3n) is 5.58. The normalized spacial score (nSPS) is 12.3. The van der Waals surface area contributed by atoms with E-state index in [9.17, 15) is 19.2 Å². The van der Waals surface area contributed by atoms with Gasteiger partial charge in [-0.3, -0.25) is 14.4 Å². The molecule has 2 aromatic rings. The summed E-state index contributed by atoms with van der Waals surface area (Å²) < 4.78 is 5.51. The van der Waals surface area contributed by atoms with Crippen LogP contribution in [0.1, 0.15) is 37.3 Å². The van der Waals surface area contributed by atoms with Crippen molar-refractivity contribution in [1.29, 1.82) is 0 Å². The quantitative estimate of drug-likeness (QED) is 0.424. The first-order chi connectivity index (χ1) is 16.2. The molecule has 3 amide bonds. The van der Waals surface area contributed by atoms with Crippen molar-refractivity contribution in [2.45, 2.75) is 26.2 Å². The van der Waals surface area contributed by atoms with Gasteiger partial charge in [-0.2, -0.15) is 0 Å². The van der Waals surface area contributed by atoms with Crippen molar-refractivity contribution in [3.05, 3.63) is 59.7 Å². The molecule has 1 aliphatic carbocycles. The van der Waals surface area contributed by atoms with Crippen molar-refractivity contribution in [3.8, 4) is 11.1 Å². The van der Waals surface area contributed by atoms with Gasteiger partial charge in [0.25, 0.3) is 0 Å². The highest BCUT2D eigenvalue weighted by Gasteiger charge is 2.29. The van der Waals surface area contributed by atoms with E-state index < -0.39 is 29.9 Å². The molecule has 0 bridgehead atoms. The van der Waals surface area contributed by atoms with Crippen molar-refractivity contribution in [3.63, 3.8) is 0 Å². The summed E-state index contributed by atoms with van der Waals surface area (Å²) in [6.45, 7) is 3.18. The van der Waals surface area contributed by atoms with Crippen LogP contribution in [0.25, 0.3) is 11.1 Å². The van der Waals surface area contributed by atoms with Crippen molar-refractivity contribution in [1.82, 2.24) is 16.0 Å². The van der Waals surface area contributed by atoms with E-state index in [1.54, 1.807) is 13.8 Å². The minimum atomic E-state index is -1.17. The van der Waals surface area contributed by atoms with Gasteiger partial charge in [0.15, 0.2) is 0 Å². The maximum absolute atomic E-state index is 12.4. The summed E-state index contributed by atoms with van der Waals surface area (Å²) in [5.41, 5.74) is 3.96. The van der Waals surface area contributed by atoms with E-state index in [-0.39, 0.29) is 37.9 Å². The highest BCUT2D eigenvalue weighted by Crippen LogP contribution is 2.44. The zero-order chi connectivity index (χ0) is 24.7. The number of amides is 3. The van der Waals surface area contributed by atoms with Crippen LogP contribution in [-0.2, 0) is 19.1 Å². The minimum absolute atomic E-state index is 0.0378. The van der Waals surface area contributed by atoms with Gasteiger partial charge in [-0.15, -0.1) is 0 Å². The van der Waals surface area contributed by atoms with E-state index in [1.165, 1.54) is 0 Å². The molecule has 0 heterocycles. The Hall–Kier alpha value is -3.88. The summed E-state index contributed by atoms with van der Waals surface area (Å²) in [5, 5.41) is 15.9. The fourth-order valence-corrected chi connectivity index (χ4v) is 3.94. The van der Waals surface area contributed by atoms with Crippen LogP contribution in [0.5, 0.6) is 0 Å². The molecule has 0 fully saturated rings. The molecule has 0 aromatic heterocycles. The molecular weight excluding hydrogens is 438 g/mol. The molecule has 3 rings (SSSR count). The van der Waals surface area contributed by atoms with Gasteiger partial charge >= 0.3 is 12.1 Å². The third kappa shape index (κ3) is 6.57. The van der Waals surface area contributed by atoms with Crippen molar-refractivity contribution >= 4 is 23.9 Å². The Labute approximate surface area is 197 Å². The molecule has 0 saturated carbocycles. The van der Waals surface area contributed by atoms with E-state index in [0.29, 0.717) is 0 Å². The molecule has 0 aliphatic heterocycles. The number of nitrogens with one attached hydrogen (secondary N) is 3. The first kappa shape index (κ1) is 24.8. The first-order valence-electron chi connectivity index (χ1n) is 11.0. The number of fused-ring (bicyclic) bond motifs is 3. The smallest absolute Gasteiger partial charge is 0.407 e. The first-order valence-corrected chi connectivity index (χ1v) is 11.0. The van der Waals surface area contributed by atoms with Crippen molar-refractivity contribution in [2.24, 2.45) is 5.41 Å². The highest BCUT2D eigenvalue weighted by molar-refractivity contribution is 5.86. The van der Waals surface area contributed by atoms with Crippen molar-refractivity contribution in [2.75, 3.05) is 26.2 Å². The second-order valence-corrected chi connectivity index (χ2v) is 8.97. The van der Waals surface area contributed by atoms with Gasteiger partial charge in [-0.1, -0.05) is 62.4 Å². The van der Waals surface area contributed by atoms with Gasteiger partial charge in [0.1, 0.15) is 13.2 Å². The minimum Gasteiger partial charge on any atom is -0.480 e. The largest absolute Gasteiger partial charge is 0.480 e. The maximum atomic E-state index is 12.4. The van der Waals surface area contributed by atoms with Crippen LogP contribution in [0.15, 0.2) is 48.5 Å². The van der Waals surface area contributed by atoms with E-state index in [1.807, 2.05) is 36.4 Å². The Balaban J connectivity index is 1.44. The highest BCUT2D eigenvalue weighted by atomic mass is 16.5. The zero-order valence-electron chi connectivity index (χ0n) is 19.2. The number of hydrogen-bond donors (Lipinski definition) is 4. The maximum Gasteiger partial charge on any atom is 0.407 e. The molecule has 4 N–H and O–H groups in total. The number of hydrogen-bond acceptors (Lipinski definition) is 5. The lowest BCUT2D eigenvalue weighted by atomic mass is 9.89. The number of carbonyl (C=O) groups excluding carboxylic acids is 3. The molecule has 2 aromatic carbocycles. The van der Waals surface area contributed by atoms with E-state index in [4.69, 9.17) is 9.84 Å². The summed E-state index contributed by atoms with van der Waals surface area (Å²) in [6.07, 6.45) is -0.508. The molecule has 0 radical (unpaired) electrons. The predicted octanol–water partition coefficient (Wildman–Crippen LogP) is 2.26. The van der Waals surface area contributed by atoms with Gasteiger partial charge in [-0.05, 0) is 27.7 Å². The Morgan fingerprint density at radius 1 is 0.853 bits per heavy atom. The fraction of sp³-hybridized carbons (Fsp3) is 0.360. The Morgan fingerprint density at radius 2 is 1.41 bits per heavy atom. The predicted molar refractivity (Wildman–Crippen MR) is 125 cm³/mol. The number of rotatable bonds is 10. The lowest BCUT2D eigenvalue weighted by molar-refractivity contribution is -0.137. The molecule has 0 spiro atoms. The lowest BCUT2D eigenvalue weighted by Gasteiger charge is -2.24. The molecule has 0 unspecified atom stereocenters. The molecule has 0 saturated heterocycles. The van der Waals surface area contributed by atoms with Crippen LogP contribution in [0.3, 0.4) is 0 Å². The third-order valence-corrected chi connectivity index (χ3v) is 5.58. The van der Waals surface area contributed by atoms with Gasteiger partial charge in [0.05, 0.1) is 6.54 Å². The topological polar surface area (TPSA) is 134 Å². The number of carbonyl (C=O) groups is 4. The van der Waals surface area contributed by atoms with Crippen LogP contribution >= 0.6 is 0 Å². The van der Waals surface area contributed by atoms with E-state index >= 15 is 0 Å². The standard InChI is InChI=1S/C25H29N3O6/c1-25(2,11-21(29)26-12-22(30)27-13-23(31)32)15-28-24(33)34-14-20-18-9-5-3-7-16(18)17-8-4-6-10-19(17)20/h3-10,20H,11-15H2,1-2H3,(H,26,29)(H,27,30)(H,28,33)(H,31,32). The van der Waals surface area contributed by atoms with Gasteiger partial charge in [0, 0.05) is 18.9 Å². The van der Waals surface area contributed by atoms with Crippen LogP contribution in [0.4, 0.5) is 4.79 Å². The van der Waals surface area contributed by atoms with E-state index in [2.05, 4.69) is 28.1 Å². The van der Waals surface area contributed by atoms with E-state index in [0.717, 1.165) is 22.3 Å². The molecule has 9 nitrogen and oxygen atoms in total. The number of alkyl carbamates (subject to hydrolysis) is 1. The van der Waals surface area contributed by atoms with Gasteiger partial charge in [0.2, 0.25) is 11.8 Å². The summed E-state index contributed by atoms with van der Waals surface area (Å²) in [5.74, 6) is -2.18. The SMILES string of the molecule is CC(C)(CNC(=O)OCC1c2ccccc2-c2ccccc21)CC(=O)NCC(=O)NCC(=O)O. The Bertz CT molecular complexity index is 1040. The molecule has 1 aliphatic rings. The second-order valence-electron chi connectivity index (χ2n) is 8.97. The monoisotopic (exact) mass is 467 g/mol. The number of benzene rings is 2. The van der Waals surface area contributed by atoms with Crippen LogP contribution < -0.4 is 16.0 Å². The molecule has 9 heteroatoms. The average Bonchev–Trinajstić information content (AvgIpc) is 3.12. The average molecular weight is 468 g/mol. The summed E-state index contributed by atoms with van der Waals surface area (Å²) >= 11 is 0. The number of carboxylic acids is 1. The molecular formula is C25H29N3O6. The van der Waals surface area contributed by atoms with Crippen LogP contribution in [-0.4, -0.2) is 55.2 Å². The molecule has 0 atom stereocenters. The number of aliphatic carboxylic acids is 1. The summed E-state index contributed by atoms with van der Waals surface area (Å²) in [7, 11) is 0. The Morgan fingerprint density at radius 3 is 2.00 bits per heavy atom. The second kappa shape index (κ2) is 10.8. The van der Waals surface area contributed by atoms with Gasteiger partial charge < -0.3 is 25.8 Å². The van der Waals surface area contributed by atoms with Gasteiger partial charge in [-0.25, -0.2) is 4.79 Å². The molecule has 34 heavy (non-hydrogen) atoms. The Kier molecular flexibility index (Phi) is 7.88.